The van der Waals surface area contributed by atoms with Gasteiger partial charge in [-0.1, -0.05) is 54.6 Å². The van der Waals surface area contributed by atoms with E-state index in [-0.39, 0.29) is 5.75 Å². The molecule has 128 valence electrons. The van der Waals surface area contributed by atoms with E-state index in [9.17, 15) is 5.11 Å². The van der Waals surface area contributed by atoms with Gasteiger partial charge in [-0.05, 0) is 67.6 Å². The van der Waals surface area contributed by atoms with Gasteiger partial charge >= 0.3 is 0 Å². The summed E-state index contributed by atoms with van der Waals surface area (Å²) in [4.78, 5) is 2.08. The Labute approximate surface area is 169 Å². The summed E-state index contributed by atoms with van der Waals surface area (Å²) < 4.78 is 1.89. The average Bonchev–Trinajstić information content (AvgIpc) is 2.66. The number of phenols is 1. The van der Waals surface area contributed by atoms with Gasteiger partial charge in [0.05, 0.1) is 17.1 Å². The Balaban J connectivity index is 2.09. The number of aromatic hydroxyl groups is 1. The fourth-order valence-corrected chi connectivity index (χ4v) is 4.04. The maximum Gasteiger partial charge on any atom is 0.140 e. The molecule has 0 fully saturated rings. The largest absolute Gasteiger partial charge is 0.506 e. The summed E-state index contributed by atoms with van der Waals surface area (Å²) in [7, 11) is 0. The molecule has 26 heavy (non-hydrogen) atoms. The quantitative estimate of drug-likeness (QED) is 0.335. The van der Waals surface area contributed by atoms with Crippen molar-refractivity contribution in [2.24, 2.45) is 0 Å². The van der Waals surface area contributed by atoms with Gasteiger partial charge < -0.3 is 10.0 Å². The van der Waals surface area contributed by atoms with E-state index in [4.69, 9.17) is 0 Å². The molecule has 0 aromatic heterocycles. The van der Waals surface area contributed by atoms with Crippen molar-refractivity contribution in [3.63, 3.8) is 0 Å². The van der Waals surface area contributed by atoms with E-state index in [0.29, 0.717) is 0 Å². The second kappa shape index (κ2) is 7.14. The molecule has 0 saturated heterocycles. The van der Waals surface area contributed by atoms with Crippen molar-refractivity contribution in [3.8, 4) is 5.75 Å². The Kier molecular flexibility index (Phi) is 4.70. The minimum absolute atomic E-state index is 0.232. The monoisotopic (exact) mass is 467 g/mol. The van der Waals surface area contributed by atoms with Crippen LogP contribution in [0.15, 0.2) is 93.9 Å². The zero-order valence-corrected chi connectivity index (χ0v) is 16.9. The SMILES string of the molecule is Oc1ccc2ccccc2c1N(c1ccccc1Br)c1ccccc1Br. The zero-order valence-electron chi connectivity index (χ0n) is 13.7. The third-order valence-electron chi connectivity index (χ3n) is 4.29. The first-order valence-electron chi connectivity index (χ1n) is 8.17. The van der Waals surface area contributed by atoms with Crippen molar-refractivity contribution < 1.29 is 5.11 Å². The molecular formula is C22H15Br2NO. The van der Waals surface area contributed by atoms with Crippen LogP contribution < -0.4 is 4.90 Å². The summed E-state index contributed by atoms with van der Waals surface area (Å²) in [6, 6.07) is 27.8. The summed E-state index contributed by atoms with van der Waals surface area (Å²) in [5.74, 6) is 0.232. The number of hydrogen-bond acceptors (Lipinski definition) is 2. The Morgan fingerprint density at radius 2 is 1.15 bits per heavy atom. The van der Waals surface area contributed by atoms with Gasteiger partial charge in [-0.15, -0.1) is 0 Å². The van der Waals surface area contributed by atoms with Gasteiger partial charge in [-0.2, -0.15) is 0 Å². The molecular weight excluding hydrogens is 454 g/mol. The molecule has 0 spiro atoms. The number of phenolic OH excluding ortho intramolecular Hbond substituents is 1. The molecule has 0 heterocycles. The lowest BCUT2D eigenvalue weighted by Crippen LogP contribution is -2.12. The van der Waals surface area contributed by atoms with Crippen LogP contribution in [0.5, 0.6) is 5.75 Å². The van der Waals surface area contributed by atoms with Crippen molar-refractivity contribution in [2.75, 3.05) is 4.90 Å². The lowest BCUT2D eigenvalue weighted by Gasteiger charge is -2.29. The normalized spacial score (nSPS) is 10.8. The third kappa shape index (κ3) is 3.00. The Morgan fingerprint density at radius 1 is 0.615 bits per heavy atom. The molecule has 2 nitrogen and oxygen atoms in total. The van der Waals surface area contributed by atoms with E-state index in [1.54, 1.807) is 6.07 Å². The molecule has 0 atom stereocenters. The van der Waals surface area contributed by atoms with E-state index in [2.05, 4.69) is 42.8 Å². The minimum atomic E-state index is 0.232. The fraction of sp³-hybridized carbons (Fsp3) is 0. The summed E-state index contributed by atoms with van der Waals surface area (Å²) in [6.45, 7) is 0. The number of halogens is 2. The van der Waals surface area contributed by atoms with Crippen LogP contribution in [0.2, 0.25) is 0 Å². The number of nitrogens with zero attached hydrogens (tertiary/aromatic N) is 1. The van der Waals surface area contributed by atoms with Gasteiger partial charge in [-0.3, -0.25) is 0 Å². The lowest BCUT2D eigenvalue weighted by atomic mass is 10.1. The minimum Gasteiger partial charge on any atom is -0.506 e. The van der Waals surface area contributed by atoms with E-state index < -0.39 is 0 Å². The Morgan fingerprint density at radius 3 is 1.77 bits per heavy atom. The maximum absolute atomic E-state index is 10.8. The number of fused-ring (bicyclic) bond motifs is 1. The molecule has 4 aromatic rings. The molecule has 0 bridgehead atoms. The van der Waals surface area contributed by atoms with Crippen molar-refractivity contribution >= 4 is 59.7 Å². The maximum atomic E-state index is 10.8. The zero-order chi connectivity index (χ0) is 18.1. The van der Waals surface area contributed by atoms with Gasteiger partial charge in [0.15, 0.2) is 0 Å². The summed E-state index contributed by atoms with van der Waals surface area (Å²) in [6.07, 6.45) is 0. The Hall–Kier alpha value is -2.30. The number of rotatable bonds is 3. The van der Waals surface area contributed by atoms with E-state index in [1.807, 2.05) is 72.8 Å². The van der Waals surface area contributed by atoms with Crippen molar-refractivity contribution in [1.82, 2.24) is 0 Å². The van der Waals surface area contributed by atoms with Gasteiger partial charge in [0, 0.05) is 14.3 Å². The van der Waals surface area contributed by atoms with E-state index in [0.717, 1.165) is 36.8 Å². The molecule has 4 aromatic carbocycles. The highest BCUT2D eigenvalue weighted by Crippen LogP contribution is 2.47. The molecule has 0 saturated carbocycles. The fourth-order valence-electron chi connectivity index (χ4n) is 3.12. The highest BCUT2D eigenvalue weighted by Gasteiger charge is 2.22. The highest BCUT2D eigenvalue weighted by molar-refractivity contribution is 9.11. The topological polar surface area (TPSA) is 23.5 Å². The van der Waals surface area contributed by atoms with Crippen LogP contribution in [0.1, 0.15) is 0 Å². The van der Waals surface area contributed by atoms with E-state index in [1.165, 1.54) is 0 Å². The second-order valence-corrected chi connectivity index (χ2v) is 7.60. The lowest BCUT2D eigenvalue weighted by molar-refractivity contribution is 0.477. The molecule has 4 heteroatoms. The van der Waals surface area contributed by atoms with Crippen LogP contribution in [0.25, 0.3) is 10.8 Å². The predicted octanol–water partition coefficient (Wildman–Crippen LogP) is 7.54. The highest BCUT2D eigenvalue weighted by atomic mass is 79.9. The number of hydrogen-bond donors (Lipinski definition) is 1. The molecule has 0 unspecified atom stereocenters. The third-order valence-corrected chi connectivity index (χ3v) is 5.63. The van der Waals surface area contributed by atoms with E-state index >= 15 is 0 Å². The van der Waals surface area contributed by atoms with Crippen LogP contribution >= 0.6 is 31.9 Å². The van der Waals surface area contributed by atoms with Crippen LogP contribution in [0.4, 0.5) is 17.1 Å². The molecule has 0 amide bonds. The summed E-state index contributed by atoms with van der Waals surface area (Å²) >= 11 is 7.33. The second-order valence-electron chi connectivity index (χ2n) is 5.89. The first-order chi connectivity index (χ1) is 12.7. The molecule has 1 N–H and O–H groups in total. The Bertz CT molecular complexity index is 1050. The summed E-state index contributed by atoms with van der Waals surface area (Å²) in [5.41, 5.74) is 2.65. The number of para-hydroxylation sites is 2. The smallest absolute Gasteiger partial charge is 0.140 e. The molecule has 0 aliphatic rings. The van der Waals surface area contributed by atoms with Gasteiger partial charge in [0.1, 0.15) is 5.75 Å². The van der Waals surface area contributed by atoms with Gasteiger partial charge in [-0.25, -0.2) is 0 Å². The molecule has 0 aliphatic carbocycles. The number of benzene rings is 4. The van der Waals surface area contributed by atoms with Crippen LogP contribution in [-0.2, 0) is 0 Å². The van der Waals surface area contributed by atoms with Gasteiger partial charge in [0.25, 0.3) is 0 Å². The van der Waals surface area contributed by atoms with Crippen LogP contribution in [0, 0.1) is 0 Å². The summed E-state index contributed by atoms with van der Waals surface area (Å²) in [5, 5.41) is 12.9. The van der Waals surface area contributed by atoms with Crippen molar-refractivity contribution in [2.45, 2.75) is 0 Å². The van der Waals surface area contributed by atoms with Gasteiger partial charge in [0.2, 0.25) is 0 Å². The van der Waals surface area contributed by atoms with Crippen molar-refractivity contribution in [3.05, 3.63) is 93.9 Å². The van der Waals surface area contributed by atoms with Crippen molar-refractivity contribution in [1.29, 1.82) is 0 Å². The predicted molar refractivity (Wildman–Crippen MR) is 116 cm³/mol. The average molecular weight is 469 g/mol. The standard InChI is InChI=1S/C22H15Br2NO/c23-17-9-3-5-11-19(17)25(20-12-6-4-10-18(20)24)22-16-8-2-1-7-15(16)13-14-21(22)26/h1-14,26H. The van der Waals surface area contributed by atoms with Crippen LogP contribution in [-0.4, -0.2) is 5.11 Å². The first-order valence-corrected chi connectivity index (χ1v) is 9.75. The first kappa shape index (κ1) is 17.1. The number of anilines is 3. The van der Waals surface area contributed by atoms with Crippen LogP contribution in [0.3, 0.4) is 0 Å². The molecule has 0 radical (unpaired) electrons. The molecule has 4 rings (SSSR count). The molecule has 0 aliphatic heterocycles.